The van der Waals surface area contributed by atoms with Crippen molar-refractivity contribution in [3.8, 4) is 0 Å². The monoisotopic (exact) mass is 559 g/mol. The van der Waals surface area contributed by atoms with E-state index in [0.717, 1.165) is 16.5 Å². The molecule has 202 valence electrons. The maximum atomic E-state index is 12.0. The number of amides is 1. The first-order chi connectivity index (χ1) is 17.6. The van der Waals surface area contributed by atoms with Crippen LogP contribution in [0.4, 0.5) is 0 Å². The lowest BCUT2D eigenvalue weighted by Gasteiger charge is -2.19. The molecule has 0 fully saturated rings. The molecular formula is C26H29N3O7S2. The van der Waals surface area contributed by atoms with Crippen molar-refractivity contribution >= 4 is 37.5 Å². The molecule has 2 unspecified atom stereocenters. The summed E-state index contributed by atoms with van der Waals surface area (Å²) in [6.45, 7) is 7.29. The number of fused-ring (bicyclic) bond motifs is 2. The number of sulfone groups is 2. The van der Waals surface area contributed by atoms with Crippen molar-refractivity contribution in [3.63, 3.8) is 0 Å². The zero-order valence-corrected chi connectivity index (χ0v) is 23.2. The number of guanidine groups is 1. The van der Waals surface area contributed by atoms with E-state index in [1.165, 1.54) is 24.7 Å². The van der Waals surface area contributed by atoms with Crippen molar-refractivity contribution in [1.82, 2.24) is 0 Å². The molecule has 10 nitrogen and oxygen atoms in total. The van der Waals surface area contributed by atoms with Crippen molar-refractivity contribution in [2.75, 3.05) is 7.11 Å². The Morgan fingerprint density at radius 2 is 1.21 bits per heavy atom. The van der Waals surface area contributed by atoms with E-state index < -0.39 is 31.6 Å². The number of ether oxygens (including phenoxy) is 1. The molecular weight excluding hydrogens is 530 g/mol. The number of rotatable bonds is 2. The minimum absolute atomic E-state index is 0.0221. The SMILES string of the molecule is COC(=O)c1cc2c(cc1C)C(C)C=CS2(=O)=O.Cc1cc2c(cc1C(=O)N=C(N)N)S(=O)(=O)C=CC2C. The van der Waals surface area contributed by atoms with Crippen LogP contribution in [0.25, 0.3) is 0 Å². The van der Waals surface area contributed by atoms with Crippen LogP contribution < -0.4 is 11.5 Å². The Bertz CT molecular complexity index is 1630. The quantitative estimate of drug-likeness (QED) is 0.318. The summed E-state index contributed by atoms with van der Waals surface area (Å²) in [6.07, 6.45) is 3.27. The second-order valence-corrected chi connectivity index (χ2v) is 12.7. The van der Waals surface area contributed by atoms with Crippen molar-refractivity contribution in [2.45, 2.75) is 49.3 Å². The Balaban J connectivity index is 0.000000212. The fourth-order valence-electron chi connectivity index (χ4n) is 4.16. The zero-order chi connectivity index (χ0) is 28.6. The predicted molar refractivity (Wildman–Crippen MR) is 143 cm³/mol. The highest BCUT2D eigenvalue weighted by molar-refractivity contribution is 7.94. The van der Waals surface area contributed by atoms with Gasteiger partial charge in [0.1, 0.15) is 0 Å². The van der Waals surface area contributed by atoms with Crippen LogP contribution in [-0.2, 0) is 24.4 Å². The van der Waals surface area contributed by atoms with Gasteiger partial charge in [0, 0.05) is 28.2 Å². The normalized spacial score (nSPS) is 19.7. The Hall–Kier alpha value is -3.77. The molecule has 0 saturated heterocycles. The highest BCUT2D eigenvalue weighted by Gasteiger charge is 2.27. The van der Waals surface area contributed by atoms with Crippen LogP contribution >= 0.6 is 0 Å². The van der Waals surface area contributed by atoms with Gasteiger partial charge in [-0.3, -0.25) is 4.79 Å². The van der Waals surface area contributed by atoms with Crippen LogP contribution in [0.1, 0.15) is 68.7 Å². The summed E-state index contributed by atoms with van der Waals surface area (Å²) in [5.74, 6) is -1.54. The molecule has 0 saturated carbocycles. The van der Waals surface area contributed by atoms with Crippen LogP contribution in [0.2, 0.25) is 0 Å². The van der Waals surface area contributed by atoms with Crippen molar-refractivity contribution in [1.29, 1.82) is 0 Å². The highest BCUT2D eigenvalue weighted by Crippen LogP contribution is 2.35. The smallest absolute Gasteiger partial charge is 0.338 e. The zero-order valence-electron chi connectivity index (χ0n) is 21.5. The van der Waals surface area contributed by atoms with E-state index >= 15 is 0 Å². The van der Waals surface area contributed by atoms with Crippen LogP contribution in [-0.4, -0.2) is 41.8 Å². The molecule has 2 atom stereocenters. The van der Waals surface area contributed by atoms with E-state index in [1.54, 1.807) is 38.1 Å². The van der Waals surface area contributed by atoms with Gasteiger partial charge in [-0.2, -0.15) is 4.99 Å². The second kappa shape index (κ2) is 10.5. The number of aliphatic imine (C=N–C) groups is 1. The maximum Gasteiger partial charge on any atom is 0.338 e. The maximum absolute atomic E-state index is 12.0. The molecule has 0 aromatic heterocycles. The Kier molecular flexibility index (Phi) is 7.99. The number of hydrogen-bond donors (Lipinski definition) is 2. The lowest BCUT2D eigenvalue weighted by atomic mass is 9.96. The van der Waals surface area contributed by atoms with Gasteiger partial charge in [0.25, 0.3) is 5.91 Å². The van der Waals surface area contributed by atoms with Crippen LogP contribution in [0, 0.1) is 13.8 Å². The van der Waals surface area contributed by atoms with E-state index in [-0.39, 0.29) is 33.1 Å². The number of methoxy groups -OCH3 is 1. The molecule has 4 rings (SSSR count). The molecule has 2 heterocycles. The van der Waals surface area contributed by atoms with Gasteiger partial charge < -0.3 is 16.2 Å². The van der Waals surface area contributed by atoms with Crippen molar-refractivity contribution < 1.29 is 31.2 Å². The van der Waals surface area contributed by atoms with E-state index in [2.05, 4.69) is 9.73 Å². The molecule has 1 amide bonds. The first kappa shape index (κ1) is 28.8. The molecule has 38 heavy (non-hydrogen) atoms. The third-order valence-electron chi connectivity index (χ3n) is 6.27. The Labute approximate surface area is 221 Å². The van der Waals surface area contributed by atoms with E-state index in [4.69, 9.17) is 11.5 Å². The summed E-state index contributed by atoms with van der Waals surface area (Å²) in [5, 5.41) is 2.35. The first-order valence-electron chi connectivity index (χ1n) is 11.5. The molecule has 2 aliphatic rings. The van der Waals surface area contributed by atoms with Gasteiger partial charge in [0.05, 0.1) is 22.5 Å². The first-order valence-corrected chi connectivity index (χ1v) is 14.6. The van der Waals surface area contributed by atoms with Gasteiger partial charge in [-0.1, -0.05) is 38.1 Å². The second-order valence-electron chi connectivity index (χ2n) is 9.07. The fraction of sp³-hybridized carbons (Fsp3) is 0.269. The third-order valence-corrected chi connectivity index (χ3v) is 9.23. The summed E-state index contributed by atoms with van der Waals surface area (Å²) in [6, 6.07) is 6.18. The summed E-state index contributed by atoms with van der Waals surface area (Å²) in [5.41, 5.74) is 13.6. The summed E-state index contributed by atoms with van der Waals surface area (Å²) < 4.78 is 52.6. The number of esters is 1. The fourth-order valence-corrected chi connectivity index (χ4v) is 7.05. The predicted octanol–water partition coefficient (Wildman–Crippen LogP) is 3.00. The Morgan fingerprint density at radius 3 is 1.63 bits per heavy atom. The molecule has 2 aromatic rings. The highest BCUT2D eigenvalue weighted by atomic mass is 32.2. The van der Waals surface area contributed by atoms with Gasteiger partial charge in [0.2, 0.25) is 0 Å². The lowest BCUT2D eigenvalue weighted by molar-refractivity contribution is 0.0599. The summed E-state index contributed by atoms with van der Waals surface area (Å²) in [4.78, 5) is 27.2. The van der Waals surface area contributed by atoms with Gasteiger partial charge >= 0.3 is 5.97 Å². The molecule has 0 spiro atoms. The minimum Gasteiger partial charge on any atom is -0.465 e. The van der Waals surface area contributed by atoms with Crippen LogP contribution in [0.15, 0.2) is 62.0 Å². The lowest BCUT2D eigenvalue weighted by Crippen LogP contribution is -2.24. The number of nitrogens with zero attached hydrogens (tertiary/aromatic N) is 1. The topological polar surface area (TPSA) is 176 Å². The average molecular weight is 560 g/mol. The van der Waals surface area contributed by atoms with E-state index in [1.807, 2.05) is 13.8 Å². The van der Waals surface area contributed by atoms with Crippen molar-refractivity contribution in [2.24, 2.45) is 16.5 Å². The molecule has 4 N–H and O–H groups in total. The average Bonchev–Trinajstić information content (AvgIpc) is 2.83. The number of aryl methyl sites for hydroxylation is 2. The molecule has 0 bridgehead atoms. The van der Waals surface area contributed by atoms with Crippen LogP contribution in [0.3, 0.4) is 0 Å². The largest absolute Gasteiger partial charge is 0.465 e. The van der Waals surface area contributed by atoms with Crippen molar-refractivity contribution in [3.05, 3.63) is 80.6 Å². The number of nitrogens with two attached hydrogens (primary N) is 2. The molecule has 12 heteroatoms. The number of benzene rings is 2. The van der Waals surface area contributed by atoms with E-state index in [0.29, 0.717) is 16.7 Å². The number of allylic oxidation sites excluding steroid dienone is 2. The van der Waals surface area contributed by atoms with Gasteiger partial charge in [-0.25, -0.2) is 21.6 Å². The molecule has 2 aromatic carbocycles. The summed E-state index contributed by atoms with van der Waals surface area (Å²) >= 11 is 0. The summed E-state index contributed by atoms with van der Waals surface area (Å²) in [7, 11) is -5.69. The minimum atomic E-state index is -3.52. The van der Waals surface area contributed by atoms with Gasteiger partial charge in [-0.15, -0.1) is 0 Å². The number of hydrogen-bond acceptors (Lipinski definition) is 7. The number of carbonyl (C=O) groups is 2. The van der Waals surface area contributed by atoms with Crippen LogP contribution in [0.5, 0.6) is 0 Å². The van der Waals surface area contributed by atoms with E-state index in [9.17, 15) is 26.4 Å². The van der Waals surface area contributed by atoms with Gasteiger partial charge in [-0.05, 0) is 48.2 Å². The number of carbonyl (C=O) groups excluding carboxylic acids is 2. The molecule has 2 aliphatic heterocycles. The molecule has 0 aliphatic carbocycles. The standard InChI is InChI=1S/C13H15N3O3S.C13H14O4S/c1-7-3-4-20(18,19)11-6-10(8(2)5-9(7)11)12(17)16-13(14)15;1-8-4-5-18(15,16)12-7-11(13(14)17-3)9(2)6-10(8)12/h3-7H,1-2H3,(H4,14,15,16,17);4-8H,1-3H3. The Morgan fingerprint density at radius 1 is 0.789 bits per heavy atom. The van der Waals surface area contributed by atoms with Gasteiger partial charge in [0.15, 0.2) is 25.6 Å². The molecule has 0 radical (unpaired) electrons. The third kappa shape index (κ3) is 5.70.